The van der Waals surface area contributed by atoms with E-state index in [1.165, 1.54) is 0 Å². The Balaban J connectivity index is 1.69. The van der Waals surface area contributed by atoms with Crippen LogP contribution in [-0.2, 0) is 22.7 Å². The molecule has 3 rings (SSSR count). The predicted octanol–water partition coefficient (Wildman–Crippen LogP) is 2.26. The lowest BCUT2D eigenvalue weighted by molar-refractivity contribution is 0.0675. The van der Waals surface area contributed by atoms with Crippen LogP contribution in [0.1, 0.15) is 52.2 Å². The molecule has 0 bridgehead atoms. The average molecular weight is 362 g/mol. The van der Waals surface area contributed by atoms with Gasteiger partial charge >= 0.3 is 0 Å². The molecule has 2 aromatic heterocycles. The van der Waals surface area contributed by atoms with Gasteiger partial charge < -0.3 is 23.5 Å². The fourth-order valence-corrected chi connectivity index (χ4v) is 3.58. The van der Waals surface area contributed by atoms with Crippen molar-refractivity contribution in [3.8, 4) is 0 Å². The number of imidazole rings is 1. The van der Waals surface area contributed by atoms with Crippen molar-refractivity contribution in [3.05, 3.63) is 34.7 Å². The molecule has 1 amide bonds. The van der Waals surface area contributed by atoms with Crippen LogP contribution in [0.4, 0.5) is 0 Å². The molecule has 8 nitrogen and oxygen atoms in total. The highest BCUT2D eigenvalue weighted by Gasteiger charge is 2.30. The molecule has 0 aliphatic carbocycles. The molecule has 2 aromatic rings. The summed E-state index contributed by atoms with van der Waals surface area (Å²) >= 11 is 0. The topological polar surface area (TPSA) is 82.6 Å². The summed E-state index contributed by atoms with van der Waals surface area (Å²) in [4.78, 5) is 19.1. The number of aromatic nitrogens is 3. The number of piperidine rings is 1. The van der Waals surface area contributed by atoms with Crippen molar-refractivity contribution in [2.75, 3.05) is 27.3 Å². The summed E-state index contributed by atoms with van der Waals surface area (Å²) in [5.74, 6) is 1.47. The number of rotatable bonds is 6. The number of nitrogens with zero attached hydrogens (tertiary/aromatic N) is 4. The number of carbonyl (C=O) groups excluding carboxylic acids is 1. The molecule has 8 heteroatoms. The van der Waals surface area contributed by atoms with Crippen LogP contribution in [0.5, 0.6) is 0 Å². The first kappa shape index (κ1) is 18.6. The first-order chi connectivity index (χ1) is 12.6. The number of ether oxygens (including phenoxy) is 2. The molecule has 1 aliphatic heterocycles. The van der Waals surface area contributed by atoms with Crippen LogP contribution in [0.2, 0.25) is 0 Å². The standard InChI is InChI=1S/C18H26N4O4/c1-12-9-19-16(11-25-4)22(12)14-5-7-21(8-6-14)18(23)17-15(10-24-3)13(2)26-20-17/h9,14H,5-8,10-11H2,1-4H3. The van der Waals surface area contributed by atoms with Crippen molar-refractivity contribution in [2.24, 2.45) is 0 Å². The quantitative estimate of drug-likeness (QED) is 0.784. The van der Waals surface area contributed by atoms with Gasteiger partial charge in [-0.3, -0.25) is 4.79 Å². The van der Waals surface area contributed by atoms with Gasteiger partial charge in [0, 0.05) is 45.2 Å². The van der Waals surface area contributed by atoms with Gasteiger partial charge in [-0.15, -0.1) is 0 Å². The van der Waals surface area contributed by atoms with Crippen molar-refractivity contribution >= 4 is 5.91 Å². The van der Waals surface area contributed by atoms with Gasteiger partial charge in [-0.1, -0.05) is 5.16 Å². The lowest BCUT2D eigenvalue weighted by Crippen LogP contribution is -2.40. The third-order valence-electron chi connectivity index (χ3n) is 4.92. The van der Waals surface area contributed by atoms with E-state index in [9.17, 15) is 4.79 Å². The summed E-state index contributed by atoms with van der Waals surface area (Å²) in [5, 5.41) is 3.95. The van der Waals surface area contributed by atoms with Gasteiger partial charge in [-0.2, -0.15) is 0 Å². The highest BCUT2D eigenvalue weighted by atomic mass is 16.5. The van der Waals surface area contributed by atoms with Crippen molar-refractivity contribution in [2.45, 2.75) is 45.9 Å². The SMILES string of the molecule is COCc1c(C(=O)N2CCC(n3c(C)cnc3COC)CC2)noc1C. The summed E-state index contributed by atoms with van der Waals surface area (Å²) in [6, 6.07) is 0.323. The predicted molar refractivity (Wildman–Crippen MR) is 93.8 cm³/mol. The lowest BCUT2D eigenvalue weighted by atomic mass is 10.0. The molecule has 0 unspecified atom stereocenters. The molecule has 0 atom stereocenters. The maximum absolute atomic E-state index is 12.8. The molecular formula is C18H26N4O4. The Kier molecular flexibility index (Phi) is 5.73. The van der Waals surface area contributed by atoms with Gasteiger partial charge in [0.05, 0.1) is 12.2 Å². The highest BCUT2D eigenvalue weighted by Crippen LogP contribution is 2.27. The second-order valence-electron chi connectivity index (χ2n) is 6.64. The molecule has 0 saturated carbocycles. The molecule has 26 heavy (non-hydrogen) atoms. The number of hydrogen-bond donors (Lipinski definition) is 0. The van der Waals surface area contributed by atoms with E-state index in [0.29, 0.717) is 43.8 Å². The second-order valence-corrected chi connectivity index (χ2v) is 6.64. The molecule has 1 fully saturated rings. The summed E-state index contributed by atoms with van der Waals surface area (Å²) in [5.41, 5.74) is 2.21. The van der Waals surface area contributed by atoms with Gasteiger partial charge in [0.1, 0.15) is 18.2 Å². The smallest absolute Gasteiger partial charge is 0.276 e. The Morgan fingerprint density at radius 3 is 2.58 bits per heavy atom. The zero-order chi connectivity index (χ0) is 18.7. The summed E-state index contributed by atoms with van der Waals surface area (Å²) in [6.07, 6.45) is 3.62. The van der Waals surface area contributed by atoms with Gasteiger partial charge in [0.25, 0.3) is 5.91 Å². The average Bonchev–Trinajstić information content (AvgIpc) is 3.19. The van der Waals surface area contributed by atoms with E-state index in [2.05, 4.69) is 21.6 Å². The third-order valence-corrected chi connectivity index (χ3v) is 4.92. The summed E-state index contributed by atoms with van der Waals surface area (Å²) in [6.45, 7) is 6.01. The van der Waals surface area contributed by atoms with Crippen LogP contribution in [0.3, 0.4) is 0 Å². The van der Waals surface area contributed by atoms with E-state index < -0.39 is 0 Å². The number of aryl methyl sites for hydroxylation is 2. The van der Waals surface area contributed by atoms with Gasteiger partial charge in [-0.05, 0) is 26.7 Å². The molecule has 0 aromatic carbocycles. The Morgan fingerprint density at radius 2 is 1.92 bits per heavy atom. The first-order valence-electron chi connectivity index (χ1n) is 8.81. The van der Waals surface area contributed by atoms with Crippen LogP contribution in [0.25, 0.3) is 0 Å². The summed E-state index contributed by atoms with van der Waals surface area (Å²) < 4.78 is 17.9. The molecule has 0 spiro atoms. The minimum atomic E-state index is -0.0909. The molecule has 3 heterocycles. The monoisotopic (exact) mass is 362 g/mol. The number of methoxy groups -OCH3 is 2. The number of hydrogen-bond acceptors (Lipinski definition) is 6. The highest BCUT2D eigenvalue weighted by molar-refractivity contribution is 5.93. The zero-order valence-corrected chi connectivity index (χ0v) is 15.8. The number of amides is 1. The Bertz CT molecular complexity index is 759. The number of carbonyl (C=O) groups is 1. The molecule has 142 valence electrons. The Morgan fingerprint density at radius 1 is 1.23 bits per heavy atom. The molecule has 0 N–H and O–H groups in total. The maximum Gasteiger partial charge on any atom is 0.276 e. The van der Waals surface area contributed by atoms with Gasteiger partial charge in [-0.25, -0.2) is 4.98 Å². The fourth-order valence-electron chi connectivity index (χ4n) is 3.58. The Hall–Kier alpha value is -2.19. The van der Waals surface area contributed by atoms with Crippen molar-refractivity contribution in [1.82, 2.24) is 19.6 Å². The van der Waals surface area contributed by atoms with Crippen molar-refractivity contribution in [1.29, 1.82) is 0 Å². The molecule has 1 aliphatic rings. The van der Waals surface area contributed by atoms with Crippen LogP contribution in [0, 0.1) is 13.8 Å². The van der Waals surface area contributed by atoms with Crippen LogP contribution < -0.4 is 0 Å². The molecule has 0 radical (unpaired) electrons. The van der Waals surface area contributed by atoms with Gasteiger partial charge in [0.15, 0.2) is 5.69 Å². The normalized spacial score (nSPS) is 15.6. The maximum atomic E-state index is 12.8. The second kappa shape index (κ2) is 8.01. The minimum Gasteiger partial charge on any atom is -0.380 e. The van der Waals surface area contributed by atoms with Gasteiger partial charge in [0.2, 0.25) is 0 Å². The fraction of sp³-hybridized carbons (Fsp3) is 0.611. The van der Waals surface area contributed by atoms with Crippen LogP contribution >= 0.6 is 0 Å². The van der Waals surface area contributed by atoms with E-state index in [-0.39, 0.29) is 5.91 Å². The number of likely N-dealkylation sites (tertiary alicyclic amines) is 1. The Labute approximate surface area is 153 Å². The van der Waals surface area contributed by atoms with Crippen molar-refractivity contribution < 1.29 is 18.8 Å². The summed E-state index contributed by atoms with van der Waals surface area (Å²) in [7, 11) is 3.27. The zero-order valence-electron chi connectivity index (χ0n) is 15.8. The minimum absolute atomic E-state index is 0.0909. The van der Waals surface area contributed by atoms with Crippen LogP contribution in [-0.4, -0.2) is 52.8 Å². The first-order valence-corrected chi connectivity index (χ1v) is 8.81. The van der Waals surface area contributed by atoms with E-state index in [1.807, 2.05) is 11.1 Å². The molecular weight excluding hydrogens is 336 g/mol. The van der Waals surface area contributed by atoms with E-state index in [4.69, 9.17) is 14.0 Å². The van der Waals surface area contributed by atoms with E-state index in [0.717, 1.165) is 29.9 Å². The third kappa shape index (κ3) is 3.52. The van der Waals surface area contributed by atoms with E-state index >= 15 is 0 Å². The van der Waals surface area contributed by atoms with Crippen LogP contribution in [0.15, 0.2) is 10.7 Å². The molecule has 1 saturated heterocycles. The van der Waals surface area contributed by atoms with E-state index in [1.54, 1.807) is 21.1 Å². The van der Waals surface area contributed by atoms with Crippen molar-refractivity contribution in [3.63, 3.8) is 0 Å². The lowest BCUT2D eigenvalue weighted by Gasteiger charge is -2.33. The largest absolute Gasteiger partial charge is 0.380 e.